The summed E-state index contributed by atoms with van der Waals surface area (Å²) < 4.78 is 0. The van der Waals surface area contributed by atoms with E-state index in [1.54, 1.807) is 0 Å². The van der Waals surface area contributed by atoms with Gasteiger partial charge >= 0.3 is 6.03 Å². The summed E-state index contributed by atoms with van der Waals surface area (Å²) in [4.78, 5) is 16.6. The van der Waals surface area contributed by atoms with Gasteiger partial charge in [0.2, 0.25) is 0 Å². The molecule has 0 saturated carbocycles. The Morgan fingerprint density at radius 1 is 1.39 bits per heavy atom. The molecule has 1 fully saturated rings. The molecule has 4 heteroatoms. The molecule has 1 N–H and O–H groups in total. The standard InChI is InChI=1S/C14H22N2OS/c1-11(10-13-7-6-12(2)18-13)15-14(17)16-8-4-3-5-9-16/h6-7,11H,3-5,8-10H2,1-2H3,(H,15,17). The fraction of sp³-hybridized carbons (Fsp3) is 0.643. The van der Waals surface area contributed by atoms with Gasteiger partial charge in [0.25, 0.3) is 0 Å². The van der Waals surface area contributed by atoms with Gasteiger partial charge in [-0.2, -0.15) is 0 Å². The smallest absolute Gasteiger partial charge is 0.317 e. The molecule has 1 aliphatic heterocycles. The number of likely N-dealkylation sites (tertiary alicyclic amines) is 1. The number of hydrogen-bond acceptors (Lipinski definition) is 2. The SMILES string of the molecule is Cc1ccc(CC(C)NC(=O)N2CCCCC2)s1. The van der Waals surface area contributed by atoms with E-state index in [1.807, 2.05) is 16.2 Å². The first-order valence-corrected chi connectivity index (χ1v) is 7.57. The zero-order chi connectivity index (χ0) is 13.0. The van der Waals surface area contributed by atoms with Crippen LogP contribution in [0.2, 0.25) is 0 Å². The second kappa shape index (κ2) is 6.23. The third kappa shape index (κ3) is 3.73. The molecule has 0 radical (unpaired) electrons. The molecule has 2 rings (SSSR count). The van der Waals surface area contributed by atoms with Crippen LogP contribution in [0, 0.1) is 6.92 Å². The zero-order valence-electron chi connectivity index (χ0n) is 11.2. The minimum absolute atomic E-state index is 0.107. The van der Waals surface area contributed by atoms with E-state index in [2.05, 4.69) is 31.3 Å². The predicted molar refractivity (Wildman–Crippen MR) is 76.2 cm³/mol. The Hall–Kier alpha value is -1.03. The fourth-order valence-corrected chi connectivity index (χ4v) is 3.37. The lowest BCUT2D eigenvalue weighted by atomic mass is 10.1. The Labute approximate surface area is 113 Å². The number of nitrogens with one attached hydrogen (secondary N) is 1. The summed E-state index contributed by atoms with van der Waals surface area (Å²) in [5.74, 6) is 0. The van der Waals surface area contributed by atoms with Crippen LogP contribution in [0.1, 0.15) is 35.9 Å². The fourth-order valence-electron chi connectivity index (χ4n) is 2.35. The van der Waals surface area contributed by atoms with Crippen molar-refractivity contribution in [3.05, 3.63) is 21.9 Å². The van der Waals surface area contributed by atoms with E-state index in [-0.39, 0.29) is 12.1 Å². The van der Waals surface area contributed by atoms with Crippen molar-refractivity contribution >= 4 is 17.4 Å². The predicted octanol–water partition coefficient (Wildman–Crippen LogP) is 3.18. The molecule has 1 saturated heterocycles. The van der Waals surface area contributed by atoms with Gasteiger partial charge in [0.1, 0.15) is 0 Å². The number of nitrogens with zero attached hydrogens (tertiary/aromatic N) is 1. The summed E-state index contributed by atoms with van der Waals surface area (Å²) in [7, 11) is 0. The first kappa shape index (κ1) is 13.4. The van der Waals surface area contributed by atoms with Crippen LogP contribution >= 0.6 is 11.3 Å². The maximum Gasteiger partial charge on any atom is 0.317 e. The van der Waals surface area contributed by atoms with Crippen molar-refractivity contribution in [2.75, 3.05) is 13.1 Å². The Morgan fingerprint density at radius 2 is 2.11 bits per heavy atom. The molecule has 1 aromatic heterocycles. The highest BCUT2D eigenvalue weighted by Gasteiger charge is 2.18. The van der Waals surface area contributed by atoms with Gasteiger partial charge in [0, 0.05) is 35.3 Å². The van der Waals surface area contributed by atoms with Gasteiger partial charge in [-0.3, -0.25) is 0 Å². The lowest BCUT2D eigenvalue weighted by Crippen LogP contribution is -2.46. The third-order valence-corrected chi connectivity index (χ3v) is 4.34. The summed E-state index contributed by atoms with van der Waals surface area (Å²) in [5, 5.41) is 3.10. The third-order valence-electron chi connectivity index (χ3n) is 3.32. The molecule has 1 aromatic rings. The Balaban J connectivity index is 1.79. The minimum Gasteiger partial charge on any atom is -0.335 e. The average Bonchev–Trinajstić information content (AvgIpc) is 2.75. The Bertz CT molecular complexity index is 396. The van der Waals surface area contributed by atoms with Crippen LogP contribution in [0.4, 0.5) is 4.79 Å². The first-order valence-electron chi connectivity index (χ1n) is 6.76. The van der Waals surface area contributed by atoms with E-state index in [1.165, 1.54) is 16.2 Å². The van der Waals surface area contributed by atoms with Crippen LogP contribution in [0.3, 0.4) is 0 Å². The van der Waals surface area contributed by atoms with Crippen LogP contribution < -0.4 is 5.32 Å². The number of piperidine rings is 1. The first-order chi connectivity index (χ1) is 8.65. The highest BCUT2D eigenvalue weighted by Crippen LogP contribution is 2.17. The molecule has 1 atom stereocenters. The molecule has 0 bridgehead atoms. The normalized spacial score (nSPS) is 17.6. The van der Waals surface area contributed by atoms with Gasteiger partial charge in [-0.15, -0.1) is 11.3 Å². The molecule has 0 spiro atoms. The zero-order valence-corrected chi connectivity index (χ0v) is 12.1. The number of amides is 2. The summed E-state index contributed by atoms with van der Waals surface area (Å²) in [6.45, 7) is 6.02. The van der Waals surface area contributed by atoms with Gasteiger partial charge in [-0.25, -0.2) is 4.79 Å². The molecular weight excluding hydrogens is 244 g/mol. The number of aryl methyl sites for hydroxylation is 1. The summed E-state index contributed by atoms with van der Waals surface area (Å²) >= 11 is 1.81. The second-order valence-corrected chi connectivity index (χ2v) is 6.49. The van der Waals surface area contributed by atoms with Crippen LogP contribution in [-0.2, 0) is 6.42 Å². The number of thiophene rings is 1. The number of carbonyl (C=O) groups is 1. The van der Waals surface area contributed by atoms with Gasteiger partial charge < -0.3 is 10.2 Å². The lowest BCUT2D eigenvalue weighted by molar-refractivity contribution is 0.183. The van der Waals surface area contributed by atoms with Crippen LogP contribution in [0.25, 0.3) is 0 Å². The van der Waals surface area contributed by atoms with Gasteiger partial charge in [0.15, 0.2) is 0 Å². The van der Waals surface area contributed by atoms with Crippen LogP contribution in [0.15, 0.2) is 12.1 Å². The monoisotopic (exact) mass is 266 g/mol. The van der Waals surface area contributed by atoms with Crippen molar-refractivity contribution in [1.29, 1.82) is 0 Å². The summed E-state index contributed by atoms with van der Waals surface area (Å²) in [6, 6.07) is 4.61. The van der Waals surface area contributed by atoms with E-state index in [0.717, 1.165) is 32.4 Å². The van der Waals surface area contributed by atoms with Crippen molar-refractivity contribution in [2.45, 2.75) is 45.6 Å². The van der Waals surface area contributed by atoms with E-state index in [9.17, 15) is 4.79 Å². The van der Waals surface area contributed by atoms with Gasteiger partial charge in [-0.05, 0) is 45.2 Å². The van der Waals surface area contributed by atoms with Crippen molar-refractivity contribution < 1.29 is 4.79 Å². The topological polar surface area (TPSA) is 32.3 Å². The van der Waals surface area contributed by atoms with Crippen LogP contribution in [0.5, 0.6) is 0 Å². The molecule has 100 valence electrons. The number of rotatable bonds is 3. The molecule has 1 aliphatic rings. The highest BCUT2D eigenvalue weighted by molar-refractivity contribution is 7.11. The maximum absolute atomic E-state index is 12.0. The van der Waals surface area contributed by atoms with Crippen molar-refractivity contribution in [3.8, 4) is 0 Å². The van der Waals surface area contributed by atoms with Gasteiger partial charge in [0.05, 0.1) is 0 Å². The second-order valence-electron chi connectivity index (χ2n) is 5.11. The minimum atomic E-state index is 0.107. The molecule has 18 heavy (non-hydrogen) atoms. The van der Waals surface area contributed by atoms with Crippen molar-refractivity contribution in [1.82, 2.24) is 10.2 Å². The van der Waals surface area contributed by atoms with E-state index in [4.69, 9.17) is 0 Å². The molecule has 3 nitrogen and oxygen atoms in total. The molecule has 1 unspecified atom stereocenters. The van der Waals surface area contributed by atoms with Crippen molar-refractivity contribution in [3.63, 3.8) is 0 Å². The average molecular weight is 266 g/mol. The largest absolute Gasteiger partial charge is 0.335 e. The Kier molecular flexibility index (Phi) is 4.64. The maximum atomic E-state index is 12.0. The van der Waals surface area contributed by atoms with Crippen LogP contribution in [-0.4, -0.2) is 30.1 Å². The number of hydrogen-bond donors (Lipinski definition) is 1. The van der Waals surface area contributed by atoms with E-state index >= 15 is 0 Å². The quantitative estimate of drug-likeness (QED) is 0.895. The molecule has 2 heterocycles. The summed E-state index contributed by atoms with van der Waals surface area (Å²) in [5.41, 5.74) is 0. The summed E-state index contributed by atoms with van der Waals surface area (Å²) in [6.07, 6.45) is 4.48. The molecule has 2 amide bonds. The van der Waals surface area contributed by atoms with Crippen molar-refractivity contribution in [2.24, 2.45) is 0 Å². The lowest BCUT2D eigenvalue weighted by Gasteiger charge is -2.28. The number of carbonyl (C=O) groups excluding carboxylic acids is 1. The van der Waals surface area contributed by atoms with Gasteiger partial charge in [-0.1, -0.05) is 0 Å². The molecular formula is C14H22N2OS. The number of urea groups is 1. The molecule has 0 aliphatic carbocycles. The Morgan fingerprint density at radius 3 is 2.72 bits per heavy atom. The molecule has 0 aromatic carbocycles. The van der Waals surface area contributed by atoms with E-state index < -0.39 is 0 Å². The highest BCUT2D eigenvalue weighted by atomic mass is 32.1. The van der Waals surface area contributed by atoms with E-state index in [0.29, 0.717) is 0 Å².